The molecule has 2 nitrogen and oxygen atoms in total. The van der Waals surface area contributed by atoms with Gasteiger partial charge in [0, 0.05) is 21.7 Å². The lowest BCUT2D eigenvalue weighted by Gasteiger charge is -2.16. The first-order valence-corrected chi connectivity index (χ1v) is 6.81. The van der Waals surface area contributed by atoms with Gasteiger partial charge in [-0.3, -0.25) is 0 Å². The Bertz CT molecular complexity index is 599. The van der Waals surface area contributed by atoms with Gasteiger partial charge in [0.15, 0.2) is 11.6 Å². The van der Waals surface area contributed by atoms with Gasteiger partial charge in [0.05, 0.1) is 7.11 Å². The van der Waals surface area contributed by atoms with E-state index in [4.69, 9.17) is 33.7 Å². The molecular weight excluding hydrogens is 300 g/mol. The van der Waals surface area contributed by atoms with Crippen molar-refractivity contribution in [2.24, 2.45) is 5.73 Å². The van der Waals surface area contributed by atoms with Gasteiger partial charge in [0.2, 0.25) is 0 Å². The summed E-state index contributed by atoms with van der Waals surface area (Å²) in [5.74, 6) is -0.283. The molecule has 0 aliphatic heterocycles. The molecule has 0 aromatic heterocycles. The first-order valence-electron chi connectivity index (χ1n) is 6.05. The number of benzene rings is 2. The number of nitrogens with two attached hydrogens (primary N) is 1. The summed E-state index contributed by atoms with van der Waals surface area (Å²) in [6.45, 7) is 0. The van der Waals surface area contributed by atoms with Gasteiger partial charge in [-0.15, -0.1) is 0 Å². The van der Waals surface area contributed by atoms with Crippen LogP contribution in [0.15, 0.2) is 36.4 Å². The molecule has 1 atom stereocenters. The molecule has 5 heteroatoms. The molecule has 0 spiro atoms. The van der Waals surface area contributed by atoms with E-state index in [0.29, 0.717) is 27.6 Å². The van der Waals surface area contributed by atoms with Crippen molar-refractivity contribution in [1.29, 1.82) is 0 Å². The molecule has 2 aromatic rings. The molecule has 0 bridgehead atoms. The summed E-state index contributed by atoms with van der Waals surface area (Å²) in [4.78, 5) is 0. The van der Waals surface area contributed by atoms with Crippen LogP contribution >= 0.6 is 23.2 Å². The minimum absolute atomic E-state index is 0.170. The third-order valence-corrected chi connectivity index (χ3v) is 3.81. The lowest BCUT2D eigenvalue weighted by atomic mass is 9.99. The minimum atomic E-state index is -0.553. The lowest BCUT2D eigenvalue weighted by molar-refractivity contribution is 0.382. The van der Waals surface area contributed by atoms with Crippen LogP contribution in [0.2, 0.25) is 10.0 Å². The standard InChI is InChI=1S/C15H14Cl2FNO/c1-20-14-7-2-4-9(15(14)18)13(19)8-10-11(16)5-3-6-12(10)17/h2-7,13H,8,19H2,1H3. The number of rotatable bonds is 4. The number of methoxy groups -OCH3 is 1. The number of halogens is 3. The van der Waals surface area contributed by atoms with Gasteiger partial charge in [-0.1, -0.05) is 41.4 Å². The van der Waals surface area contributed by atoms with E-state index < -0.39 is 11.9 Å². The fourth-order valence-corrected chi connectivity index (χ4v) is 2.58. The maximum Gasteiger partial charge on any atom is 0.169 e. The molecule has 2 aromatic carbocycles. The van der Waals surface area contributed by atoms with Crippen LogP contribution in [0.5, 0.6) is 5.75 Å². The van der Waals surface area contributed by atoms with E-state index in [2.05, 4.69) is 0 Å². The van der Waals surface area contributed by atoms with Crippen molar-refractivity contribution in [1.82, 2.24) is 0 Å². The second-order valence-corrected chi connectivity index (χ2v) is 5.19. The first kappa shape index (κ1) is 15.1. The molecule has 2 rings (SSSR count). The zero-order valence-corrected chi connectivity index (χ0v) is 12.4. The van der Waals surface area contributed by atoms with Crippen LogP contribution in [0.25, 0.3) is 0 Å². The Hall–Kier alpha value is -1.29. The fourth-order valence-electron chi connectivity index (χ4n) is 2.03. The average molecular weight is 314 g/mol. The van der Waals surface area contributed by atoms with E-state index in [9.17, 15) is 4.39 Å². The molecule has 0 amide bonds. The van der Waals surface area contributed by atoms with Crippen LogP contribution in [0.4, 0.5) is 4.39 Å². The van der Waals surface area contributed by atoms with Crippen molar-refractivity contribution >= 4 is 23.2 Å². The Morgan fingerprint density at radius 2 is 1.75 bits per heavy atom. The van der Waals surface area contributed by atoms with E-state index in [1.54, 1.807) is 36.4 Å². The van der Waals surface area contributed by atoms with Crippen LogP contribution in [0.3, 0.4) is 0 Å². The highest BCUT2D eigenvalue weighted by Crippen LogP contribution is 2.31. The lowest BCUT2D eigenvalue weighted by Crippen LogP contribution is -2.16. The van der Waals surface area contributed by atoms with Gasteiger partial charge in [0.1, 0.15) is 0 Å². The monoisotopic (exact) mass is 313 g/mol. The van der Waals surface area contributed by atoms with E-state index in [-0.39, 0.29) is 5.75 Å². The summed E-state index contributed by atoms with van der Waals surface area (Å²) >= 11 is 12.2. The number of ether oxygens (including phenoxy) is 1. The fraction of sp³-hybridized carbons (Fsp3) is 0.200. The smallest absolute Gasteiger partial charge is 0.169 e. The van der Waals surface area contributed by atoms with Crippen molar-refractivity contribution in [2.45, 2.75) is 12.5 Å². The van der Waals surface area contributed by atoms with E-state index in [1.165, 1.54) is 7.11 Å². The van der Waals surface area contributed by atoms with Crippen LogP contribution in [0.1, 0.15) is 17.2 Å². The third kappa shape index (κ3) is 3.06. The Labute approximate surface area is 127 Å². The summed E-state index contributed by atoms with van der Waals surface area (Å²) in [5, 5.41) is 1.05. The Morgan fingerprint density at radius 3 is 2.35 bits per heavy atom. The molecule has 0 aliphatic rings. The largest absolute Gasteiger partial charge is 0.494 e. The topological polar surface area (TPSA) is 35.2 Å². The zero-order valence-electron chi connectivity index (χ0n) is 10.9. The van der Waals surface area contributed by atoms with Crippen molar-refractivity contribution in [2.75, 3.05) is 7.11 Å². The van der Waals surface area contributed by atoms with Crippen molar-refractivity contribution in [3.8, 4) is 5.75 Å². The van der Waals surface area contributed by atoms with Crippen molar-refractivity contribution in [3.05, 3.63) is 63.4 Å². The van der Waals surface area contributed by atoms with Crippen molar-refractivity contribution < 1.29 is 9.13 Å². The third-order valence-electron chi connectivity index (χ3n) is 3.10. The quantitative estimate of drug-likeness (QED) is 0.909. The molecule has 20 heavy (non-hydrogen) atoms. The second kappa shape index (κ2) is 6.44. The summed E-state index contributed by atoms with van der Waals surface area (Å²) in [7, 11) is 1.42. The molecule has 0 heterocycles. The average Bonchev–Trinajstić information content (AvgIpc) is 2.43. The maximum absolute atomic E-state index is 14.2. The first-order chi connectivity index (χ1) is 9.54. The van der Waals surface area contributed by atoms with Crippen LogP contribution in [0, 0.1) is 5.82 Å². The van der Waals surface area contributed by atoms with Gasteiger partial charge < -0.3 is 10.5 Å². The maximum atomic E-state index is 14.2. The second-order valence-electron chi connectivity index (χ2n) is 4.37. The molecule has 0 saturated heterocycles. The molecular formula is C15H14Cl2FNO. The van der Waals surface area contributed by atoms with Gasteiger partial charge in [-0.25, -0.2) is 4.39 Å². The minimum Gasteiger partial charge on any atom is -0.494 e. The highest BCUT2D eigenvalue weighted by Gasteiger charge is 2.17. The normalized spacial score (nSPS) is 12.2. The number of hydrogen-bond donors (Lipinski definition) is 1. The molecule has 1 unspecified atom stereocenters. The van der Waals surface area contributed by atoms with E-state index >= 15 is 0 Å². The Kier molecular flexibility index (Phi) is 4.86. The summed E-state index contributed by atoms with van der Waals surface area (Å²) in [6.07, 6.45) is 0.350. The molecule has 0 aliphatic carbocycles. The highest BCUT2D eigenvalue weighted by molar-refractivity contribution is 6.36. The van der Waals surface area contributed by atoms with E-state index in [0.717, 1.165) is 0 Å². The molecule has 2 N–H and O–H groups in total. The van der Waals surface area contributed by atoms with Crippen LogP contribution in [-0.4, -0.2) is 7.11 Å². The van der Waals surface area contributed by atoms with Gasteiger partial charge in [0.25, 0.3) is 0 Å². The predicted octanol–water partition coefficient (Wildman–Crippen LogP) is 4.38. The van der Waals surface area contributed by atoms with Crippen molar-refractivity contribution in [3.63, 3.8) is 0 Å². The van der Waals surface area contributed by atoms with Crippen LogP contribution in [-0.2, 0) is 6.42 Å². The summed E-state index contributed by atoms with van der Waals surface area (Å²) in [6, 6.07) is 9.55. The zero-order chi connectivity index (χ0) is 14.7. The number of hydrogen-bond acceptors (Lipinski definition) is 2. The van der Waals surface area contributed by atoms with Crippen LogP contribution < -0.4 is 10.5 Å². The molecule has 106 valence electrons. The Morgan fingerprint density at radius 1 is 1.15 bits per heavy atom. The summed E-state index contributed by atoms with van der Waals surface area (Å²) < 4.78 is 19.1. The van der Waals surface area contributed by atoms with Gasteiger partial charge in [-0.2, -0.15) is 0 Å². The highest BCUT2D eigenvalue weighted by atomic mass is 35.5. The SMILES string of the molecule is COc1cccc(C(N)Cc2c(Cl)cccc2Cl)c1F. The molecule has 0 radical (unpaired) electrons. The van der Waals surface area contributed by atoms with E-state index in [1.807, 2.05) is 0 Å². The predicted molar refractivity (Wildman–Crippen MR) is 80.0 cm³/mol. The molecule has 0 saturated carbocycles. The van der Waals surface area contributed by atoms with Gasteiger partial charge >= 0.3 is 0 Å². The summed E-state index contributed by atoms with van der Waals surface area (Å²) in [5.41, 5.74) is 7.17. The van der Waals surface area contributed by atoms with Gasteiger partial charge in [-0.05, 0) is 30.2 Å². The Balaban J connectivity index is 2.31. The molecule has 0 fully saturated rings.